The highest BCUT2D eigenvalue weighted by Gasteiger charge is 2.21. The molecule has 0 amide bonds. The highest BCUT2D eigenvalue weighted by molar-refractivity contribution is 6.12. The van der Waals surface area contributed by atoms with Crippen LogP contribution < -0.4 is 0 Å². The van der Waals surface area contributed by atoms with E-state index in [1.165, 1.54) is 82.7 Å². The molecule has 1 atom stereocenters. The Bertz CT molecular complexity index is 3980. The molecule has 0 aliphatic carbocycles. The third kappa shape index (κ3) is 8.51. The monoisotopic (exact) mass is 931 g/mol. The van der Waals surface area contributed by atoms with Gasteiger partial charge in [0.1, 0.15) is 0 Å². The first-order valence-electron chi connectivity index (χ1n) is 25.3. The molecule has 1 unspecified atom stereocenters. The van der Waals surface area contributed by atoms with Crippen molar-refractivity contribution in [2.45, 2.75) is 18.8 Å². The largest absolute Gasteiger partial charge is 0.261 e. The first-order chi connectivity index (χ1) is 36.2. The summed E-state index contributed by atoms with van der Waals surface area (Å²) in [6.07, 6.45) is 4.10. The molecule has 11 aromatic carbocycles. The zero-order chi connectivity index (χ0) is 48.5. The topological polar surface area (TPSA) is 38.1 Å². The fourth-order valence-corrected chi connectivity index (χ4v) is 10.9. The Labute approximate surface area is 426 Å². The van der Waals surface area contributed by atoms with E-state index in [4.69, 9.17) is 15.0 Å². The molecule has 1 aliphatic heterocycles. The van der Waals surface area contributed by atoms with Crippen molar-refractivity contribution in [3.8, 4) is 89.5 Å². The lowest BCUT2D eigenvalue weighted by molar-refractivity contribution is 0.756. The maximum Gasteiger partial charge on any atom is 0.160 e. The van der Waals surface area contributed by atoms with Gasteiger partial charge in [-0.3, -0.25) is 4.99 Å². The molecule has 12 aromatic rings. The molecule has 73 heavy (non-hydrogen) atoms. The molecule has 0 saturated carbocycles. The Kier molecular flexibility index (Phi) is 11.4. The Morgan fingerprint density at radius 3 is 1.23 bits per heavy atom. The van der Waals surface area contributed by atoms with E-state index in [1.54, 1.807) is 0 Å². The van der Waals surface area contributed by atoms with E-state index in [0.717, 1.165) is 52.2 Å². The number of hydrogen-bond donors (Lipinski definition) is 0. The highest BCUT2D eigenvalue weighted by atomic mass is 14.9. The van der Waals surface area contributed by atoms with Gasteiger partial charge in [0.15, 0.2) is 5.82 Å². The van der Waals surface area contributed by atoms with Crippen molar-refractivity contribution in [3.63, 3.8) is 0 Å². The molecule has 0 radical (unpaired) electrons. The number of nitrogens with zero attached hydrogens (tertiary/aromatic N) is 3. The average Bonchev–Trinajstić information content (AvgIpc) is 3.70. The molecule has 3 heteroatoms. The Morgan fingerprint density at radius 1 is 0.301 bits per heavy atom. The number of rotatable bonds is 9. The van der Waals surface area contributed by atoms with Crippen molar-refractivity contribution in [2.24, 2.45) is 4.99 Å². The second-order valence-corrected chi connectivity index (χ2v) is 19.0. The molecule has 3 nitrogen and oxygen atoms in total. The van der Waals surface area contributed by atoms with E-state index in [1.807, 2.05) is 24.3 Å². The van der Waals surface area contributed by atoms with Gasteiger partial charge in [-0.05, 0) is 119 Å². The summed E-state index contributed by atoms with van der Waals surface area (Å²) < 4.78 is 0. The zero-order valence-corrected chi connectivity index (χ0v) is 40.2. The first kappa shape index (κ1) is 43.7. The molecule has 0 N–H and O–H groups in total. The third-order valence-electron chi connectivity index (χ3n) is 14.6. The van der Waals surface area contributed by atoms with Crippen molar-refractivity contribution in [2.75, 3.05) is 0 Å². The summed E-state index contributed by atoms with van der Waals surface area (Å²) in [6.45, 7) is 0. The van der Waals surface area contributed by atoms with Gasteiger partial charge in [-0.2, -0.15) is 0 Å². The van der Waals surface area contributed by atoms with Crippen LogP contribution in [0.2, 0.25) is 0 Å². The van der Waals surface area contributed by atoms with Gasteiger partial charge in [0.05, 0.1) is 17.1 Å². The van der Waals surface area contributed by atoms with Gasteiger partial charge in [-0.15, -0.1) is 0 Å². The zero-order valence-electron chi connectivity index (χ0n) is 40.2. The SMILES string of the molecule is C1=Nc2ccc(-c3ccc(-c4ccc(-c5ccc(-c6ccc(-c7cc(-c8ccc(-c9ccccc9)cc8)nc(-c8ccccc8)n7)cc6)c6ccccc56)c5ccccc45)cc3)cc2C(c2ccccc2)CC1. The number of fused-ring (bicyclic) bond motifs is 3. The third-order valence-corrected chi connectivity index (χ3v) is 14.6. The lowest BCUT2D eigenvalue weighted by Gasteiger charge is -2.19. The van der Waals surface area contributed by atoms with Crippen molar-refractivity contribution < 1.29 is 0 Å². The van der Waals surface area contributed by atoms with Crippen LogP contribution in [0.25, 0.3) is 111 Å². The highest BCUT2D eigenvalue weighted by Crippen LogP contribution is 2.43. The van der Waals surface area contributed by atoms with Crippen molar-refractivity contribution in [1.29, 1.82) is 0 Å². The second-order valence-electron chi connectivity index (χ2n) is 19.0. The van der Waals surface area contributed by atoms with Gasteiger partial charge < -0.3 is 0 Å². The van der Waals surface area contributed by atoms with Crippen LogP contribution in [0, 0.1) is 0 Å². The minimum absolute atomic E-state index is 0.318. The van der Waals surface area contributed by atoms with Crippen LogP contribution in [0.15, 0.2) is 266 Å². The van der Waals surface area contributed by atoms with Gasteiger partial charge in [0, 0.05) is 28.8 Å². The minimum Gasteiger partial charge on any atom is -0.261 e. The summed E-state index contributed by atoms with van der Waals surface area (Å²) in [6, 6.07) is 94.0. The fraction of sp³-hybridized carbons (Fsp3) is 0.0429. The lowest BCUT2D eigenvalue weighted by Crippen LogP contribution is -2.01. The number of hydrogen-bond acceptors (Lipinski definition) is 3. The van der Waals surface area contributed by atoms with Crippen LogP contribution in [0.5, 0.6) is 0 Å². The minimum atomic E-state index is 0.318. The Morgan fingerprint density at radius 2 is 0.699 bits per heavy atom. The molecule has 344 valence electrons. The smallest absolute Gasteiger partial charge is 0.160 e. The molecular formula is C70H49N3. The van der Waals surface area contributed by atoms with Crippen LogP contribution in [-0.4, -0.2) is 16.2 Å². The number of aliphatic imine (C=N–C) groups is 1. The molecular weight excluding hydrogens is 883 g/mol. The maximum atomic E-state index is 5.14. The molecule has 0 saturated heterocycles. The van der Waals surface area contributed by atoms with Crippen LogP contribution >= 0.6 is 0 Å². The standard InChI is InChI=1S/C70H49N3/c1-4-15-47(16-5-1)48-28-34-53(35-29-48)68-46-69(73-70(72-68)55-19-8-3-9-20-55)54-36-32-52(33-37-54)59-40-42-65(63-24-13-11-22-61(59)63)64-41-39-58(60-21-10-12-23-62(60)64)51-30-26-49(27-31-51)56-38-43-67-66(45-56)57(25-14-44-71-67)50-17-6-2-7-18-50/h1-13,15-24,26-46,57H,14,25H2. The van der Waals surface area contributed by atoms with Gasteiger partial charge in [0.2, 0.25) is 0 Å². The van der Waals surface area contributed by atoms with Crippen LogP contribution in [0.3, 0.4) is 0 Å². The molecule has 2 heterocycles. The fourth-order valence-electron chi connectivity index (χ4n) is 10.9. The van der Waals surface area contributed by atoms with Gasteiger partial charge in [-0.25, -0.2) is 9.97 Å². The first-order valence-corrected chi connectivity index (χ1v) is 25.3. The molecule has 0 fully saturated rings. The predicted octanol–water partition coefficient (Wildman–Crippen LogP) is 18.7. The molecule has 0 spiro atoms. The van der Waals surface area contributed by atoms with Crippen LogP contribution in [-0.2, 0) is 0 Å². The Balaban J connectivity index is 0.812. The van der Waals surface area contributed by atoms with Gasteiger partial charge in [0.25, 0.3) is 0 Å². The summed E-state index contributed by atoms with van der Waals surface area (Å²) in [5, 5.41) is 4.90. The maximum absolute atomic E-state index is 5.14. The van der Waals surface area contributed by atoms with Crippen LogP contribution in [0.1, 0.15) is 29.9 Å². The van der Waals surface area contributed by atoms with Crippen molar-refractivity contribution >= 4 is 33.4 Å². The summed E-state index contributed by atoms with van der Waals surface area (Å²) >= 11 is 0. The second kappa shape index (κ2) is 19.1. The van der Waals surface area contributed by atoms with Crippen LogP contribution in [0.4, 0.5) is 5.69 Å². The summed E-state index contributed by atoms with van der Waals surface area (Å²) in [4.78, 5) is 15.1. The van der Waals surface area contributed by atoms with E-state index in [0.29, 0.717) is 11.7 Å². The van der Waals surface area contributed by atoms with E-state index < -0.39 is 0 Å². The lowest BCUT2D eigenvalue weighted by atomic mass is 9.85. The quantitative estimate of drug-likeness (QED) is 0.145. The molecule has 1 aromatic heterocycles. The average molecular weight is 932 g/mol. The number of aromatic nitrogens is 2. The molecule has 1 aliphatic rings. The van der Waals surface area contributed by atoms with Gasteiger partial charge >= 0.3 is 0 Å². The van der Waals surface area contributed by atoms with Gasteiger partial charge in [-0.1, -0.05) is 243 Å². The Hall–Kier alpha value is -9.31. The molecule has 0 bridgehead atoms. The summed E-state index contributed by atoms with van der Waals surface area (Å²) in [5.74, 6) is 1.02. The van der Waals surface area contributed by atoms with Crippen molar-refractivity contribution in [3.05, 3.63) is 272 Å². The van der Waals surface area contributed by atoms with E-state index in [2.05, 4.69) is 243 Å². The van der Waals surface area contributed by atoms with E-state index in [-0.39, 0.29) is 0 Å². The predicted molar refractivity (Wildman–Crippen MR) is 306 cm³/mol. The van der Waals surface area contributed by atoms with E-state index in [9.17, 15) is 0 Å². The normalized spacial score (nSPS) is 13.2. The van der Waals surface area contributed by atoms with Crippen molar-refractivity contribution in [1.82, 2.24) is 9.97 Å². The summed E-state index contributed by atoms with van der Waals surface area (Å²) in [7, 11) is 0. The van der Waals surface area contributed by atoms with E-state index >= 15 is 0 Å². The summed E-state index contributed by atoms with van der Waals surface area (Å²) in [5.41, 5.74) is 20.5. The molecule has 13 rings (SSSR count). The number of benzene rings is 11.